The van der Waals surface area contributed by atoms with E-state index in [1.54, 1.807) is 0 Å². The molecule has 288 valence electrons. The van der Waals surface area contributed by atoms with Crippen molar-refractivity contribution in [2.24, 2.45) is 9.98 Å². The van der Waals surface area contributed by atoms with Gasteiger partial charge >= 0.3 is 0 Å². The van der Waals surface area contributed by atoms with Gasteiger partial charge in [0.15, 0.2) is 5.84 Å². The van der Waals surface area contributed by atoms with Crippen molar-refractivity contribution in [2.45, 2.75) is 6.17 Å². The Balaban J connectivity index is 1.02. The van der Waals surface area contributed by atoms with Gasteiger partial charge in [-0.05, 0) is 88.1 Å². The van der Waals surface area contributed by atoms with Gasteiger partial charge in [-0.15, -0.1) is 0 Å². The fraction of sp³-hybridized carbons (Fsp3) is 0.0182. The van der Waals surface area contributed by atoms with Crippen molar-refractivity contribution in [3.63, 3.8) is 0 Å². The Hall–Kier alpha value is -8.22. The predicted octanol–water partition coefficient (Wildman–Crippen LogP) is 14.3. The minimum Gasteiger partial charge on any atom is -0.456 e. The molecule has 0 spiro atoms. The van der Waals surface area contributed by atoms with E-state index in [9.17, 15) is 0 Å². The summed E-state index contributed by atoms with van der Waals surface area (Å²) in [7, 11) is 0. The van der Waals surface area contributed by atoms with Crippen LogP contribution in [0.4, 0.5) is 17.1 Å². The van der Waals surface area contributed by atoms with Crippen LogP contribution in [0.1, 0.15) is 22.9 Å². The number of para-hydroxylation sites is 2. The maximum absolute atomic E-state index is 6.94. The van der Waals surface area contributed by atoms with Gasteiger partial charge in [0.2, 0.25) is 0 Å². The van der Waals surface area contributed by atoms with Gasteiger partial charge in [-0.1, -0.05) is 140 Å². The van der Waals surface area contributed by atoms with Crippen molar-refractivity contribution in [2.75, 3.05) is 4.90 Å². The highest BCUT2D eigenvalue weighted by Crippen LogP contribution is 2.43. The lowest BCUT2D eigenvalue weighted by Gasteiger charge is -2.25. The van der Waals surface area contributed by atoms with Crippen molar-refractivity contribution in [1.29, 1.82) is 0 Å². The van der Waals surface area contributed by atoms with E-state index in [2.05, 4.69) is 162 Å². The van der Waals surface area contributed by atoms with Crippen LogP contribution in [0.3, 0.4) is 0 Å². The fourth-order valence-corrected chi connectivity index (χ4v) is 8.77. The molecule has 0 radical (unpaired) electrons. The number of rotatable bonds is 7. The van der Waals surface area contributed by atoms with Crippen molar-refractivity contribution in [3.8, 4) is 11.1 Å². The van der Waals surface area contributed by atoms with Crippen LogP contribution in [0.15, 0.2) is 225 Å². The summed E-state index contributed by atoms with van der Waals surface area (Å²) in [6, 6.07) is 71.6. The molecule has 1 aliphatic heterocycles. The maximum atomic E-state index is 6.94. The van der Waals surface area contributed by atoms with Crippen LogP contribution >= 0.6 is 0 Å². The summed E-state index contributed by atoms with van der Waals surface area (Å²) in [5.74, 6) is 1.37. The number of fused-ring (bicyclic) bond motifs is 7. The molecule has 0 amide bonds. The standard InChI is InChI=1S/C55H36N4O2/c1-4-14-36(15-5-1)53-56-54(37-16-6-2-7-17-37)58-55(57-53)46-31-30-43(51-47-32-38-18-10-11-19-39(38)33-49(47)61-52(46)51)35-24-26-41(27-25-35)59(40-20-8-3-9-21-40)42-28-29-45-44-22-12-13-23-48(44)60-50(45)34-42/h1-34,53H,(H,56,57,58). The second kappa shape index (κ2) is 14.3. The van der Waals surface area contributed by atoms with Gasteiger partial charge in [-0.3, -0.25) is 0 Å². The van der Waals surface area contributed by atoms with Crippen LogP contribution in [0.2, 0.25) is 0 Å². The Morgan fingerprint density at radius 3 is 1.87 bits per heavy atom. The van der Waals surface area contributed by atoms with E-state index in [-0.39, 0.29) is 6.17 Å². The summed E-state index contributed by atoms with van der Waals surface area (Å²) < 4.78 is 13.3. The molecule has 2 aromatic heterocycles. The van der Waals surface area contributed by atoms with E-state index in [4.69, 9.17) is 18.8 Å². The van der Waals surface area contributed by atoms with Crippen molar-refractivity contribution < 1.29 is 8.83 Å². The number of nitrogens with zero attached hydrogens (tertiary/aromatic N) is 3. The maximum Gasteiger partial charge on any atom is 0.163 e. The van der Waals surface area contributed by atoms with Crippen LogP contribution in [0, 0.1) is 0 Å². The minimum atomic E-state index is -0.335. The lowest BCUT2D eigenvalue weighted by atomic mass is 9.95. The molecule has 1 unspecified atom stereocenters. The summed E-state index contributed by atoms with van der Waals surface area (Å²) >= 11 is 0. The van der Waals surface area contributed by atoms with Gasteiger partial charge in [-0.25, -0.2) is 9.98 Å². The Morgan fingerprint density at radius 2 is 1.07 bits per heavy atom. The molecule has 1 aliphatic rings. The third-order valence-corrected chi connectivity index (χ3v) is 11.7. The first kappa shape index (κ1) is 34.8. The molecule has 0 fully saturated rings. The van der Waals surface area contributed by atoms with Crippen LogP contribution in [-0.4, -0.2) is 11.7 Å². The lowest BCUT2D eigenvalue weighted by Crippen LogP contribution is -2.33. The molecular weight excluding hydrogens is 749 g/mol. The SMILES string of the molecule is c1ccc(C2=NC(c3ccc(-c4ccc(N(c5ccccc5)c5ccc6c(c5)oc5ccccc56)cc4)c4c3oc3cc5ccccc5cc34)=NC(c3ccccc3)N2)cc1. The summed E-state index contributed by atoms with van der Waals surface area (Å²) in [5.41, 5.74) is 11.4. The molecular formula is C55H36N4O2. The van der Waals surface area contributed by atoms with E-state index in [0.717, 1.165) is 105 Å². The zero-order valence-corrected chi connectivity index (χ0v) is 32.9. The Labute approximate surface area is 351 Å². The van der Waals surface area contributed by atoms with E-state index in [0.29, 0.717) is 5.84 Å². The first-order chi connectivity index (χ1) is 30.2. The van der Waals surface area contributed by atoms with Crippen molar-refractivity contribution in [3.05, 3.63) is 223 Å². The van der Waals surface area contributed by atoms with Gasteiger partial charge in [0.05, 0.1) is 5.56 Å². The molecule has 61 heavy (non-hydrogen) atoms. The average Bonchev–Trinajstić information content (AvgIpc) is 3.89. The van der Waals surface area contributed by atoms with Crippen LogP contribution in [0.25, 0.3) is 65.8 Å². The smallest absolute Gasteiger partial charge is 0.163 e. The molecule has 6 nitrogen and oxygen atoms in total. The summed E-state index contributed by atoms with van der Waals surface area (Å²) in [5, 5.41) is 10.1. The van der Waals surface area contributed by atoms with Crippen LogP contribution in [-0.2, 0) is 0 Å². The second-order valence-corrected chi connectivity index (χ2v) is 15.4. The number of hydrogen-bond donors (Lipinski definition) is 1. The molecule has 1 N–H and O–H groups in total. The summed E-state index contributed by atoms with van der Waals surface area (Å²) in [4.78, 5) is 12.7. The Bertz CT molecular complexity index is 3500. The monoisotopic (exact) mass is 784 g/mol. The van der Waals surface area contributed by atoms with Crippen molar-refractivity contribution in [1.82, 2.24) is 5.32 Å². The second-order valence-electron chi connectivity index (χ2n) is 15.4. The predicted molar refractivity (Wildman–Crippen MR) is 250 cm³/mol. The van der Waals surface area contributed by atoms with E-state index in [1.165, 1.54) is 0 Å². The molecule has 3 heterocycles. The molecule has 1 atom stereocenters. The fourth-order valence-electron chi connectivity index (χ4n) is 8.77. The zero-order valence-electron chi connectivity index (χ0n) is 32.9. The number of furan rings is 2. The highest BCUT2D eigenvalue weighted by molar-refractivity contribution is 6.23. The number of nitrogens with one attached hydrogen (secondary N) is 1. The molecule has 0 aliphatic carbocycles. The number of aliphatic imine (C=N–C) groups is 2. The minimum absolute atomic E-state index is 0.335. The van der Waals surface area contributed by atoms with E-state index < -0.39 is 0 Å². The molecule has 11 aromatic rings. The van der Waals surface area contributed by atoms with Gasteiger partial charge in [0.25, 0.3) is 0 Å². The highest BCUT2D eigenvalue weighted by Gasteiger charge is 2.25. The average molecular weight is 785 g/mol. The molecule has 0 saturated heterocycles. The number of hydrogen-bond acceptors (Lipinski definition) is 6. The van der Waals surface area contributed by atoms with Gasteiger partial charge in [0.1, 0.15) is 34.3 Å². The molecule has 12 rings (SSSR count). The van der Waals surface area contributed by atoms with Crippen LogP contribution in [0.5, 0.6) is 0 Å². The van der Waals surface area contributed by atoms with E-state index >= 15 is 0 Å². The lowest BCUT2D eigenvalue weighted by molar-refractivity contribution is 0.663. The first-order valence-electron chi connectivity index (χ1n) is 20.5. The summed E-state index contributed by atoms with van der Waals surface area (Å²) in [6.07, 6.45) is -0.335. The first-order valence-corrected chi connectivity index (χ1v) is 20.5. The molecule has 0 saturated carbocycles. The largest absolute Gasteiger partial charge is 0.456 e. The number of anilines is 3. The van der Waals surface area contributed by atoms with Gasteiger partial charge in [-0.2, -0.15) is 0 Å². The third kappa shape index (κ3) is 6.04. The van der Waals surface area contributed by atoms with E-state index in [1.807, 2.05) is 54.6 Å². The van der Waals surface area contributed by atoms with Gasteiger partial charge in [0, 0.05) is 50.2 Å². The Kier molecular flexibility index (Phi) is 8.13. The molecule has 6 heteroatoms. The van der Waals surface area contributed by atoms with Crippen molar-refractivity contribution >= 4 is 83.4 Å². The number of amidine groups is 2. The van der Waals surface area contributed by atoms with Crippen LogP contribution < -0.4 is 10.2 Å². The zero-order chi connectivity index (χ0) is 40.3. The normalized spacial score (nSPS) is 14.1. The molecule has 0 bridgehead atoms. The number of benzene rings is 9. The highest BCUT2D eigenvalue weighted by atomic mass is 16.3. The quantitative estimate of drug-likeness (QED) is 0.175. The third-order valence-electron chi connectivity index (χ3n) is 11.7. The summed E-state index contributed by atoms with van der Waals surface area (Å²) in [6.45, 7) is 0. The topological polar surface area (TPSA) is 66.3 Å². The Morgan fingerprint density at radius 1 is 0.443 bits per heavy atom. The molecule has 9 aromatic carbocycles. The van der Waals surface area contributed by atoms with Gasteiger partial charge < -0.3 is 19.1 Å².